The van der Waals surface area contributed by atoms with Crippen LogP contribution in [0.25, 0.3) is 0 Å². The van der Waals surface area contributed by atoms with Gasteiger partial charge < -0.3 is 10.4 Å². The predicted molar refractivity (Wildman–Crippen MR) is 51.4 cm³/mol. The van der Waals surface area contributed by atoms with E-state index in [9.17, 15) is 9.59 Å². The first-order valence-corrected chi connectivity index (χ1v) is 4.59. The standard InChI is InChI=1S/C10H15NO3/c1-4-7(9(13)14)11-8(12)6-5-10(6,2)3/h4,6H,5H2,1-3H3,(H,11,12)(H,13,14)/b7-4-. The molecule has 14 heavy (non-hydrogen) atoms. The van der Waals surface area contributed by atoms with Gasteiger partial charge in [0.15, 0.2) is 0 Å². The topological polar surface area (TPSA) is 66.4 Å². The fraction of sp³-hybridized carbons (Fsp3) is 0.600. The first-order valence-electron chi connectivity index (χ1n) is 4.59. The van der Waals surface area contributed by atoms with Crippen molar-refractivity contribution < 1.29 is 14.7 Å². The van der Waals surface area contributed by atoms with Crippen LogP contribution in [-0.4, -0.2) is 17.0 Å². The van der Waals surface area contributed by atoms with Crippen LogP contribution in [0.15, 0.2) is 11.8 Å². The summed E-state index contributed by atoms with van der Waals surface area (Å²) in [6.45, 7) is 5.57. The van der Waals surface area contributed by atoms with E-state index in [-0.39, 0.29) is 22.9 Å². The maximum Gasteiger partial charge on any atom is 0.352 e. The average molecular weight is 197 g/mol. The van der Waals surface area contributed by atoms with Crippen molar-refractivity contribution in [3.8, 4) is 0 Å². The molecule has 1 amide bonds. The average Bonchev–Trinajstić information content (AvgIpc) is 2.70. The summed E-state index contributed by atoms with van der Waals surface area (Å²) < 4.78 is 0. The van der Waals surface area contributed by atoms with E-state index < -0.39 is 5.97 Å². The van der Waals surface area contributed by atoms with E-state index in [0.717, 1.165) is 6.42 Å². The monoisotopic (exact) mass is 197 g/mol. The smallest absolute Gasteiger partial charge is 0.352 e. The summed E-state index contributed by atoms with van der Waals surface area (Å²) in [5.41, 5.74) is -0.0146. The Morgan fingerprint density at radius 2 is 2.00 bits per heavy atom. The van der Waals surface area contributed by atoms with E-state index in [1.165, 1.54) is 6.08 Å². The molecule has 4 heteroatoms. The second-order valence-electron chi connectivity index (χ2n) is 4.24. The molecule has 2 N–H and O–H groups in total. The highest BCUT2D eigenvalue weighted by atomic mass is 16.4. The molecule has 1 fully saturated rings. The summed E-state index contributed by atoms with van der Waals surface area (Å²) in [7, 11) is 0. The number of carbonyl (C=O) groups is 2. The Labute approximate surface area is 83.0 Å². The lowest BCUT2D eigenvalue weighted by Crippen LogP contribution is -2.29. The van der Waals surface area contributed by atoms with Gasteiger partial charge in [-0.1, -0.05) is 19.9 Å². The molecule has 0 aliphatic heterocycles. The maximum atomic E-state index is 11.5. The Morgan fingerprint density at radius 3 is 2.29 bits per heavy atom. The summed E-state index contributed by atoms with van der Waals surface area (Å²) >= 11 is 0. The van der Waals surface area contributed by atoms with Crippen LogP contribution < -0.4 is 5.32 Å². The van der Waals surface area contributed by atoms with Gasteiger partial charge in [-0.2, -0.15) is 0 Å². The number of nitrogens with one attached hydrogen (secondary N) is 1. The molecular formula is C10H15NO3. The molecular weight excluding hydrogens is 182 g/mol. The summed E-state index contributed by atoms with van der Waals surface area (Å²) in [5.74, 6) is -1.33. The molecule has 4 nitrogen and oxygen atoms in total. The van der Waals surface area contributed by atoms with Crippen molar-refractivity contribution in [3.63, 3.8) is 0 Å². The van der Waals surface area contributed by atoms with Crippen molar-refractivity contribution >= 4 is 11.9 Å². The minimum atomic E-state index is -1.10. The van der Waals surface area contributed by atoms with Gasteiger partial charge in [0.05, 0.1) is 0 Å². The van der Waals surface area contributed by atoms with Crippen LogP contribution in [0.3, 0.4) is 0 Å². The lowest BCUT2D eigenvalue weighted by Gasteiger charge is -2.06. The van der Waals surface area contributed by atoms with Crippen molar-refractivity contribution in [1.29, 1.82) is 0 Å². The fourth-order valence-corrected chi connectivity index (χ4v) is 1.38. The second kappa shape index (κ2) is 3.44. The highest BCUT2D eigenvalue weighted by Crippen LogP contribution is 2.51. The number of carbonyl (C=O) groups excluding carboxylic acids is 1. The van der Waals surface area contributed by atoms with Crippen LogP contribution in [0, 0.1) is 11.3 Å². The number of rotatable bonds is 3. The van der Waals surface area contributed by atoms with Gasteiger partial charge in [-0.25, -0.2) is 4.79 Å². The molecule has 78 valence electrons. The zero-order chi connectivity index (χ0) is 10.9. The van der Waals surface area contributed by atoms with Crippen molar-refractivity contribution in [3.05, 3.63) is 11.8 Å². The molecule has 0 aromatic heterocycles. The number of carboxylic acid groups (broad SMARTS) is 1. The maximum absolute atomic E-state index is 11.5. The molecule has 1 rings (SSSR count). The molecule has 0 spiro atoms. The molecule has 0 aromatic carbocycles. The van der Waals surface area contributed by atoms with Crippen LogP contribution >= 0.6 is 0 Å². The van der Waals surface area contributed by atoms with E-state index in [2.05, 4.69) is 5.32 Å². The van der Waals surface area contributed by atoms with E-state index in [4.69, 9.17) is 5.11 Å². The molecule has 0 aromatic rings. The van der Waals surface area contributed by atoms with Crippen LogP contribution in [-0.2, 0) is 9.59 Å². The Hall–Kier alpha value is -1.32. The molecule has 1 atom stereocenters. The van der Waals surface area contributed by atoms with Crippen LogP contribution in [0.5, 0.6) is 0 Å². The van der Waals surface area contributed by atoms with Crippen molar-refractivity contribution in [2.45, 2.75) is 27.2 Å². The van der Waals surface area contributed by atoms with Crippen molar-refractivity contribution in [1.82, 2.24) is 5.32 Å². The number of carboxylic acids is 1. The highest BCUT2D eigenvalue weighted by molar-refractivity contribution is 5.94. The van der Waals surface area contributed by atoms with Gasteiger partial charge in [-0.15, -0.1) is 0 Å². The van der Waals surface area contributed by atoms with Crippen LogP contribution in [0.1, 0.15) is 27.2 Å². The quantitative estimate of drug-likeness (QED) is 0.667. The summed E-state index contributed by atoms with van der Waals surface area (Å²) in [6.07, 6.45) is 2.21. The fourth-order valence-electron chi connectivity index (χ4n) is 1.38. The SMILES string of the molecule is C/C=C(\NC(=O)C1CC1(C)C)C(=O)O. The molecule has 1 aliphatic rings. The zero-order valence-electron chi connectivity index (χ0n) is 8.63. The Balaban J connectivity index is 2.54. The predicted octanol–water partition coefficient (Wildman–Crippen LogP) is 1.14. The van der Waals surface area contributed by atoms with E-state index >= 15 is 0 Å². The molecule has 1 unspecified atom stereocenters. The van der Waals surface area contributed by atoms with E-state index in [0.29, 0.717) is 0 Å². The molecule has 0 radical (unpaired) electrons. The normalized spacial score (nSPS) is 24.2. The largest absolute Gasteiger partial charge is 0.477 e. The zero-order valence-corrected chi connectivity index (χ0v) is 8.63. The summed E-state index contributed by atoms with van der Waals surface area (Å²) in [5, 5.41) is 11.1. The van der Waals surface area contributed by atoms with Crippen LogP contribution in [0.2, 0.25) is 0 Å². The van der Waals surface area contributed by atoms with Gasteiger partial charge in [0, 0.05) is 5.92 Å². The third kappa shape index (κ3) is 2.13. The van der Waals surface area contributed by atoms with Gasteiger partial charge in [-0.05, 0) is 18.8 Å². The number of allylic oxidation sites excluding steroid dienone is 1. The van der Waals surface area contributed by atoms with E-state index in [1.54, 1.807) is 6.92 Å². The Morgan fingerprint density at radius 1 is 1.50 bits per heavy atom. The second-order valence-corrected chi connectivity index (χ2v) is 4.24. The van der Waals surface area contributed by atoms with Gasteiger partial charge in [0.1, 0.15) is 5.70 Å². The molecule has 0 heterocycles. The van der Waals surface area contributed by atoms with Gasteiger partial charge in [-0.3, -0.25) is 4.79 Å². The summed E-state index contributed by atoms with van der Waals surface area (Å²) in [6, 6.07) is 0. The van der Waals surface area contributed by atoms with E-state index in [1.807, 2.05) is 13.8 Å². The first kappa shape index (κ1) is 10.8. The molecule has 0 saturated heterocycles. The Bertz CT molecular complexity index is 304. The lowest BCUT2D eigenvalue weighted by atomic mass is 10.1. The third-order valence-electron chi connectivity index (χ3n) is 2.61. The Kier molecular flexibility index (Phi) is 2.64. The number of hydrogen-bond donors (Lipinski definition) is 2. The molecule has 1 saturated carbocycles. The van der Waals surface area contributed by atoms with Gasteiger partial charge >= 0.3 is 5.97 Å². The van der Waals surface area contributed by atoms with Crippen LogP contribution in [0.4, 0.5) is 0 Å². The van der Waals surface area contributed by atoms with Crippen molar-refractivity contribution in [2.24, 2.45) is 11.3 Å². The number of hydrogen-bond acceptors (Lipinski definition) is 2. The number of aliphatic carboxylic acids is 1. The molecule has 0 bridgehead atoms. The highest BCUT2D eigenvalue weighted by Gasteiger charge is 2.50. The number of amides is 1. The van der Waals surface area contributed by atoms with Crippen molar-refractivity contribution in [2.75, 3.05) is 0 Å². The minimum absolute atomic E-state index is 0.0292. The lowest BCUT2D eigenvalue weighted by molar-refractivity contribution is -0.135. The summed E-state index contributed by atoms with van der Waals surface area (Å²) in [4.78, 5) is 22.1. The first-order chi connectivity index (χ1) is 6.38. The van der Waals surface area contributed by atoms with Gasteiger partial charge in [0.25, 0.3) is 0 Å². The molecule has 1 aliphatic carbocycles. The third-order valence-corrected chi connectivity index (χ3v) is 2.61. The minimum Gasteiger partial charge on any atom is -0.477 e. The van der Waals surface area contributed by atoms with Gasteiger partial charge in [0.2, 0.25) is 5.91 Å².